The van der Waals surface area contributed by atoms with Crippen LogP contribution in [-0.2, 0) is 6.54 Å². The number of benzene rings is 1. The van der Waals surface area contributed by atoms with Crippen LogP contribution in [0.3, 0.4) is 0 Å². The van der Waals surface area contributed by atoms with Crippen LogP contribution < -0.4 is 20.5 Å². The molecule has 1 aliphatic rings. The number of nitrogens with two attached hydrogens (primary N) is 1. The van der Waals surface area contributed by atoms with E-state index in [9.17, 15) is 0 Å². The van der Waals surface area contributed by atoms with Crippen LogP contribution in [0, 0.1) is 0 Å². The van der Waals surface area contributed by atoms with Gasteiger partial charge >= 0.3 is 0 Å². The van der Waals surface area contributed by atoms with Crippen LogP contribution in [-0.4, -0.2) is 11.8 Å². The first-order valence-electron chi connectivity index (χ1n) is 5.15. The van der Waals surface area contributed by atoms with Crippen molar-refractivity contribution in [2.24, 2.45) is 0 Å². The Balaban J connectivity index is 1.69. The van der Waals surface area contributed by atoms with Crippen molar-refractivity contribution in [1.29, 1.82) is 0 Å². The van der Waals surface area contributed by atoms with Gasteiger partial charge in [-0.15, -0.1) is 0 Å². The smallest absolute Gasteiger partial charge is 0.231 e. The average molecular weight is 249 g/mol. The molecule has 1 aromatic heterocycles. The van der Waals surface area contributed by atoms with E-state index in [-0.39, 0.29) is 0 Å². The number of hydrogen-bond donors (Lipinski definition) is 2. The fourth-order valence-electron chi connectivity index (χ4n) is 1.60. The van der Waals surface area contributed by atoms with Crippen molar-refractivity contribution in [3.63, 3.8) is 0 Å². The maximum atomic E-state index is 5.60. The lowest BCUT2D eigenvalue weighted by atomic mass is 10.2. The zero-order valence-electron chi connectivity index (χ0n) is 8.97. The first kappa shape index (κ1) is 10.2. The summed E-state index contributed by atoms with van der Waals surface area (Å²) in [6, 6.07) is 5.87. The van der Waals surface area contributed by atoms with Gasteiger partial charge in [0, 0.05) is 6.54 Å². The lowest BCUT2D eigenvalue weighted by Crippen LogP contribution is -1.98. The Morgan fingerprint density at radius 3 is 3.06 bits per heavy atom. The predicted molar refractivity (Wildman–Crippen MR) is 66.4 cm³/mol. The highest BCUT2D eigenvalue weighted by atomic mass is 32.1. The summed E-state index contributed by atoms with van der Waals surface area (Å²) in [5.74, 6) is 1.59. The highest BCUT2D eigenvalue weighted by molar-refractivity contribution is 7.19. The molecule has 0 aliphatic carbocycles. The Labute approximate surface area is 102 Å². The molecule has 0 amide bonds. The second-order valence-electron chi connectivity index (χ2n) is 3.61. The van der Waals surface area contributed by atoms with Crippen LogP contribution in [0.2, 0.25) is 0 Å². The van der Waals surface area contributed by atoms with Gasteiger partial charge < -0.3 is 20.5 Å². The van der Waals surface area contributed by atoms with Gasteiger partial charge in [0.25, 0.3) is 0 Å². The third-order valence-corrected chi connectivity index (χ3v) is 3.19. The number of anilines is 2. The molecule has 0 fully saturated rings. The normalized spacial score (nSPS) is 12.7. The Morgan fingerprint density at radius 1 is 1.35 bits per heavy atom. The van der Waals surface area contributed by atoms with E-state index in [0.717, 1.165) is 22.2 Å². The fourth-order valence-corrected chi connectivity index (χ4v) is 2.18. The van der Waals surface area contributed by atoms with E-state index in [1.54, 1.807) is 6.20 Å². The summed E-state index contributed by atoms with van der Waals surface area (Å²) >= 11 is 1.43. The lowest BCUT2D eigenvalue weighted by Gasteiger charge is -2.03. The van der Waals surface area contributed by atoms with Crippen LogP contribution in [0.25, 0.3) is 0 Å². The number of nitrogen functional groups attached to an aromatic ring is 1. The molecular formula is C11H11N3O2S. The number of ether oxygens (including phenoxy) is 2. The molecule has 0 radical (unpaired) electrons. The molecule has 2 heterocycles. The van der Waals surface area contributed by atoms with Crippen molar-refractivity contribution in [2.45, 2.75) is 6.54 Å². The third kappa shape index (κ3) is 2.12. The number of rotatable bonds is 3. The van der Waals surface area contributed by atoms with Gasteiger partial charge in [-0.3, -0.25) is 0 Å². The van der Waals surface area contributed by atoms with Crippen molar-refractivity contribution in [3.8, 4) is 11.5 Å². The predicted octanol–water partition coefficient (Wildman–Crippen LogP) is 2.07. The summed E-state index contributed by atoms with van der Waals surface area (Å²) < 4.78 is 10.6. The number of hydrogen-bond acceptors (Lipinski definition) is 6. The summed E-state index contributed by atoms with van der Waals surface area (Å²) in [6.07, 6.45) is 1.65. The molecule has 5 nitrogen and oxygen atoms in total. The number of thiazole rings is 1. The zero-order chi connectivity index (χ0) is 11.7. The topological polar surface area (TPSA) is 69.4 Å². The number of aromatic nitrogens is 1. The molecule has 1 aliphatic heterocycles. The minimum absolute atomic E-state index is 0.301. The maximum Gasteiger partial charge on any atom is 0.231 e. The standard InChI is InChI=1S/C11H11N3O2S/c12-10-5-14-11(17-10)13-4-7-1-2-8-9(3-7)16-6-15-8/h1-3,5H,4,6,12H2,(H,13,14). The number of nitrogens with zero attached hydrogens (tertiary/aromatic N) is 1. The summed E-state index contributed by atoms with van der Waals surface area (Å²) in [4.78, 5) is 4.13. The molecule has 3 rings (SSSR count). The molecule has 88 valence electrons. The Bertz CT molecular complexity index is 541. The van der Waals surface area contributed by atoms with Crippen LogP contribution in [0.5, 0.6) is 11.5 Å². The van der Waals surface area contributed by atoms with Crippen LogP contribution >= 0.6 is 11.3 Å². The first-order valence-corrected chi connectivity index (χ1v) is 5.96. The van der Waals surface area contributed by atoms with Crippen LogP contribution in [0.1, 0.15) is 5.56 Å². The Hall–Kier alpha value is -1.95. The average Bonchev–Trinajstić information content (AvgIpc) is 2.94. The maximum absolute atomic E-state index is 5.60. The van der Waals surface area contributed by atoms with Gasteiger partial charge in [-0.05, 0) is 17.7 Å². The number of fused-ring (bicyclic) bond motifs is 1. The summed E-state index contributed by atoms with van der Waals surface area (Å²) in [7, 11) is 0. The molecular weight excluding hydrogens is 238 g/mol. The SMILES string of the molecule is Nc1cnc(NCc2ccc3c(c2)OCO3)s1. The summed E-state index contributed by atoms with van der Waals surface area (Å²) in [5, 5.41) is 4.73. The van der Waals surface area contributed by atoms with Crippen molar-refractivity contribution in [3.05, 3.63) is 30.0 Å². The van der Waals surface area contributed by atoms with E-state index in [4.69, 9.17) is 15.2 Å². The second-order valence-corrected chi connectivity index (χ2v) is 4.67. The highest BCUT2D eigenvalue weighted by Gasteiger charge is 2.12. The molecule has 0 saturated carbocycles. The molecule has 0 bridgehead atoms. The minimum Gasteiger partial charge on any atom is -0.454 e. The van der Waals surface area contributed by atoms with Gasteiger partial charge in [0.15, 0.2) is 16.6 Å². The van der Waals surface area contributed by atoms with E-state index in [1.807, 2.05) is 18.2 Å². The molecule has 2 aromatic rings. The van der Waals surface area contributed by atoms with Crippen LogP contribution in [0.15, 0.2) is 24.4 Å². The minimum atomic E-state index is 0.301. The Morgan fingerprint density at radius 2 is 2.24 bits per heavy atom. The van der Waals surface area contributed by atoms with Gasteiger partial charge in [-0.25, -0.2) is 4.98 Å². The highest BCUT2D eigenvalue weighted by Crippen LogP contribution is 2.32. The largest absolute Gasteiger partial charge is 0.454 e. The molecule has 3 N–H and O–H groups in total. The third-order valence-electron chi connectivity index (χ3n) is 2.40. The molecule has 1 aromatic carbocycles. The molecule has 0 saturated heterocycles. The van der Waals surface area contributed by atoms with E-state index in [1.165, 1.54) is 11.3 Å². The summed E-state index contributed by atoms with van der Waals surface area (Å²) in [5.41, 5.74) is 6.71. The second kappa shape index (κ2) is 4.14. The molecule has 0 atom stereocenters. The molecule has 6 heteroatoms. The van der Waals surface area contributed by atoms with Gasteiger partial charge in [0.05, 0.1) is 6.20 Å². The van der Waals surface area contributed by atoms with Gasteiger partial charge in [0.2, 0.25) is 6.79 Å². The summed E-state index contributed by atoms with van der Waals surface area (Å²) in [6.45, 7) is 0.985. The van der Waals surface area contributed by atoms with E-state index in [0.29, 0.717) is 18.3 Å². The fraction of sp³-hybridized carbons (Fsp3) is 0.182. The van der Waals surface area contributed by atoms with Gasteiger partial charge in [0.1, 0.15) is 5.00 Å². The van der Waals surface area contributed by atoms with Crippen molar-refractivity contribution < 1.29 is 9.47 Å². The number of nitrogens with one attached hydrogen (secondary N) is 1. The van der Waals surface area contributed by atoms with Crippen LogP contribution in [0.4, 0.5) is 10.1 Å². The molecule has 0 unspecified atom stereocenters. The molecule has 0 spiro atoms. The molecule has 17 heavy (non-hydrogen) atoms. The van der Waals surface area contributed by atoms with E-state index < -0.39 is 0 Å². The van der Waals surface area contributed by atoms with E-state index in [2.05, 4.69) is 10.3 Å². The van der Waals surface area contributed by atoms with Crippen molar-refractivity contribution >= 4 is 21.5 Å². The van der Waals surface area contributed by atoms with Crippen molar-refractivity contribution in [2.75, 3.05) is 17.8 Å². The van der Waals surface area contributed by atoms with Crippen molar-refractivity contribution in [1.82, 2.24) is 4.98 Å². The quantitative estimate of drug-likeness (QED) is 0.871. The monoisotopic (exact) mass is 249 g/mol. The van der Waals surface area contributed by atoms with E-state index >= 15 is 0 Å². The van der Waals surface area contributed by atoms with Gasteiger partial charge in [-0.1, -0.05) is 17.4 Å². The Kier molecular flexibility index (Phi) is 2.49. The first-order chi connectivity index (χ1) is 8.31. The zero-order valence-corrected chi connectivity index (χ0v) is 9.79. The lowest BCUT2D eigenvalue weighted by molar-refractivity contribution is 0.174. The van der Waals surface area contributed by atoms with Gasteiger partial charge in [-0.2, -0.15) is 0 Å².